The molecule has 0 radical (unpaired) electrons. The highest BCUT2D eigenvalue weighted by molar-refractivity contribution is 7.46. The van der Waals surface area contributed by atoms with Gasteiger partial charge in [-0.05, 0) is 6.92 Å². The Morgan fingerprint density at radius 1 is 1.13 bits per heavy atom. The first kappa shape index (κ1) is 13.0. The van der Waals surface area contributed by atoms with Gasteiger partial charge in [0.25, 0.3) is 0 Å². The third-order valence-electron chi connectivity index (χ3n) is 2.05. The molecule has 15 heavy (non-hydrogen) atoms. The molecule has 5 atom stereocenters. The normalized spacial score (nSPS) is 42.9. The second-order valence-electron chi connectivity index (χ2n) is 3.28. The number of rotatable bonds is 2. The Morgan fingerprint density at radius 3 is 2.13 bits per heavy atom. The Kier molecular flexibility index (Phi) is 3.85. The van der Waals surface area contributed by atoms with Gasteiger partial charge in [-0.3, -0.25) is 4.52 Å². The zero-order valence-electron chi connectivity index (χ0n) is 7.79. The number of aliphatic hydroxyl groups is 3. The van der Waals surface area contributed by atoms with E-state index in [9.17, 15) is 19.9 Å². The molecule has 1 saturated heterocycles. The van der Waals surface area contributed by atoms with Gasteiger partial charge in [-0.25, -0.2) is 4.57 Å². The van der Waals surface area contributed by atoms with Crippen molar-refractivity contribution in [3.63, 3.8) is 0 Å². The van der Waals surface area contributed by atoms with Crippen LogP contribution in [-0.2, 0) is 13.8 Å². The van der Waals surface area contributed by atoms with Crippen molar-refractivity contribution in [2.75, 3.05) is 0 Å². The lowest BCUT2D eigenvalue weighted by Crippen LogP contribution is -2.57. The van der Waals surface area contributed by atoms with Crippen LogP contribution >= 0.6 is 7.82 Å². The molecule has 0 aromatic rings. The van der Waals surface area contributed by atoms with E-state index in [2.05, 4.69) is 4.52 Å². The third-order valence-corrected chi connectivity index (χ3v) is 2.53. The van der Waals surface area contributed by atoms with E-state index >= 15 is 0 Å². The number of hydrogen-bond donors (Lipinski definition) is 5. The molecule has 8 nitrogen and oxygen atoms in total. The summed E-state index contributed by atoms with van der Waals surface area (Å²) in [5, 5.41) is 27.8. The molecule has 0 amide bonds. The fraction of sp³-hybridized carbons (Fsp3) is 1.00. The van der Waals surface area contributed by atoms with Crippen molar-refractivity contribution in [3.05, 3.63) is 0 Å². The summed E-state index contributed by atoms with van der Waals surface area (Å²) in [6.07, 6.45) is -7.20. The average molecular weight is 244 g/mol. The Balaban J connectivity index is 2.71. The van der Waals surface area contributed by atoms with Gasteiger partial charge in [0, 0.05) is 0 Å². The van der Waals surface area contributed by atoms with E-state index in [0.29, 0.717) is 0 Å². The Hall–Kier alpha value is -0.0500. The highest BCUT2D eigenvalue weighted by Gasteiger charge is 2.44. The highest BCUT2D eigenvalue weighted by atomic mass is 31.2. The maximum Gasteiger partial charge on any atom is 0.472 e. The van der Waals surface area contributed by atoms with Crippen molar-refractivity contribution in [1.29, 1.82) is 0 Å². The van der Waals surface area contributed by atoms with Gasteiger partial charge in [0.05, 0.1) is 6.10 Å². The molecule has 9 heteroatoms. The van der Waals surface area contributed by atoms with Gasteiger partial charge in [0.15, 0.2) is 6.29 Å². The van der Waals surface area contributed by atoms with E-state index in [-0.39, 0.29) is 0 Å². The summed E-state index contributed by atoms with van der Waals surface area (Å²) < 4.78 is 19.4. The average Bonchev–Trinajstić information content (AvgIpc) is 2.08. The Bertz CT molecular complexity index is 264. The predicted molar refractivity (Wildman–Crippen MR) is 45.5 cm³/mol. The zero-order chi connectivity index (χ0) is 11.8. The molecule has 0 aromatic heterocycles. The Labute approximate surface area is 85.3 Å². The molecule has 0 saturated carbocycles. The number of ether oxygens (including phenoxy) is 1. The van der Waals surface area contributed by atoms with E-state index in [4.69, 9.17) is 14.5 Å². The van der Waals surface area contributed by atoms with Gasteiger partial charge < -0.3 is 29.8 Å². The van der Waals surface area contributed by atoms with Crippen LogP contribution in [0.2, 0.25) is 0 Å². The fourth-order valence-electron chi connectivity index (χ4n) is 1.24. The van der Waals surface area contributed by atoms with Crippen molar-refractivity contribution in [1.82, 2.24) is 0 Å². The minimum Gasteiger partial charge on any atom is -0.388 e. The topological polar surface area (TPSA) is 137 Å². The van der Waals surface area contributed by atoms with Crippen LogP contribution in [0.15, 0.2) is 0 Å². The molecule has 0 spiro atoms. The summed E-state index contributed by atoms with van der Waals surface area (Å²) >= 11 is 0. The summed E-state index contributed by atoms with van der Waals surface area (Å²) in [6, 6.07) is 0. The van der Waals surface area contributed by atoms with Gasteiger partial charge in [0.1, 0.15) is 18.3 Å². The van der Waals surface area contributed by atoms with Crippen LogP contribution in [0.4, 0.5) is 0 Å². The quantitative estimate of drug-likeness (QED) is 0.349. The number of phosphoric ester groups is 1. The van der Waals surface area contributed by atoms with Gasteiger partial charge in [-0.1, -0.05) is 0 Å². The summed E-state index contributed by atoms with van der Waals surface area (Å²) in [7, 11) is -4.82. The first-order valence-electron chi connectivity index (χ1n) is 4.16. The highest BCUT2D eigenvalue weighted by Crippen LogP contribution is 2.40. The van der Waals surface area contributed by atoms with Gasteiger partial charge in [-0.15, -0.1) is 0 Å². The molecule has 1 aliphatic heterocycles. The summed E-state index contributed by atoms with van der Waals surface area (Å²) in [4.78, 5) is 17.0. The van der Waals surface area contributed by atoms with Crippen molar-refractivity contribution < 1.29 is 38.9 Å². The van der Waals surface area contributed by atoms with Crippen molar-refractivity contribution in [3.8, 4) is 0 Å². The molecule has 1 unspecified atom stereocenters. The Morgan fingerprint density at radius 2 is 1.67 bits per heavy atom. The second kappa shape index (κ2) is 4.44. The maximum atomic E-state index is 10.5. The largest absolute Gasteiger partial charge is 0.472 e. The molecule has 1 heterocycles. The monoisotopic (exact) mass is 244 g/mol. The van der Waals surface area contributed by atoms with Crippen LogP contribution in [0.5, 0.6) is 0 Å². The van der Waals surface area contributed by atoms with Crippen LogP contribution < -0.4 is 0 Å². The molecule has 90 valence electrons. The van der Waals surface area contributed by atoms with Crippen LogP contribution in [-0.4, -0.2) is 55.8 Å². The van der Waals surface area contributed by atoms with Gasteiger partial charge in [-0.2, -0.15) is 0 Å². The number of phosphoric acid groups is 1. The van der Waals surface area contributed by atoms with E-state index in [1.54, 1.807) is 0 Å². The number of hydrogen-bond acceptors (Lipinski definition) is 6. The van der Waals surface area contributed by atoms with Crippen LogP contribution in [0.25, 0.3) is 0 Å². The van der Waals surface area contributed by atoms with E-state index in [1.165, 1.54) is 6.92 Å². The lowest BCUT2D eigenvalue weighted by Gasteiger charge is -2.38. The standard InChI is InChI=1S/C6H13O8P/c1-2-3(7)4(8)5(9)6(13-2)14-15(10,11)12/h2-9H,1H3,(H2,10,11,12)/t2-,3+,4+,5-,6?/m0/s1. The lowest BCUT2D eigenvalue weighted by molar-refractivity contribution is -0.271. The fourth-order valence-corrected chi connectivity index (χ4v) is 1.68. The molecule has 0 aromatic carbocycles. The summed E-state index contributed by atoms with van der Waals surface area (Å²) in [5.41, 5.74) is 0. The minimum absolute atomic E-state index is 0.903. The van der Waals surface area contributed by atoms with Gasteiger partial charge >= 0.3 is 7.82 Å². The maximum absolute atomic E-state index is 10.5. The molecule has 1 fully saturated rings. The van der Waals surface area contributed by atoms with E-state index in [0.717, 1.165) is 0 Å². The number of aliphatic hydroxyl groups excluding tert-OH is 3. The molecule has 1 aliphatic rings. The molecule has 5 N–H and O–H groups in total. The third kappa shape index (κ3) is 3.20. The summed E-state index contributed by atoms with van der Waals surface area (Å²) in [6.45, 7) is 1.37. The van der Waals surface area contributed by atoms with Crippen molar-refractivity contribution in [2.45, 2.75) is 37.6 Å². The molecule has 0 bridgehead atoms. The van der Waals surface area contributed by atoms with E-state index in [1.807, 2.05) is 0 Å². The SMILES string of the molecule is C[C@@H]1OC(OP(=O)(O)O)[C@@H](O)[C@H](O)[C@@H]1O. The molecular formula is C6H13O8P. The minimum atomic E-state index is -4.82. The van der Waals surface area contributed by atoms with Crippen molar-refractivity contribution in [2.24, 2.45) is 0 Å². The van der Waals surface area contributed by atoms with Gasteiger partial charge in [0.2, 0.25) is 0 Å². The molecule has 1 rings (SSSR count). The van der Waals surface area contributed by atoms with Crippen LogP contribution in [0.3, 0.4) is 0 Å². The molecule has 0 aliphatic carbocycles. The first-order valence-corrected chi connectivity index (χ1v) is 5.69. The zero-order valence-corrected chi connectivity index (χ0v) is 8.69. The lowest BCUT2D eigenvalue weighted by atomic mass is 10.0. The van der Waals surface area contributed by atoms with Crippen LogP contribution in [0.1, 0.15) is 6.92 Å². The van der Waals surface area contributed by atoms with Crippen LogP contribution in [0, 0.1) is 0 Å². The second-order valence-corrected chi connectivity index (χ2v) is 4.47. The molecular weight excluding hydrogens is 231 g/mol. The predicted octanol–water partition coefficient (Wildman–Crippen LogP) is -2.08. The van der Waals surface area contributed by atoms with E-state index < -0.39 is 38.5 Å². The summed E-state index contributed by atoms with van der Waals surface area (Å²) in [5.74, 6) is 0. The smallest absolute Gasteiger partial charge is 0.388 e. The van der Waals surface area contributed by atoms with Crippen molar-refractivity contribution >= 4 is 7.82 Å². The first-order chi connectivity index (χ1) is 6.72.